The van der Waals surface area contributed by atoms with Gasteiger partial charge in [0.15, 0.2) is 11.4 Å². The lowest BCUT2D eigenvalue weighted by molar-refractivity contribution is 0.813. The third-order valence-corrected chi connectivity index (χ3v) is 5.44. The topological polar surface area (TPSA) is 72.0 Å². The van der Waals surface area contributed by atoms with Gasteiger partial charge in [0.25, 0.3) is 0 Å². The Balaban J connectivity index is 1.76. The van der Waals surface area contributed by atoms with E-state index in [1.165, 1.54) is 0 Å². The van der Waals surface area contributed by atoms with Crippen molar-refractivity contribution in [2.24, 2.45) is 4.99 Å². The summed E-state index contributed by atoms with van der Waals surface area (Å²) >= 11 is 7.57. The molecule has 0 heterocycles. The molecular formula is C24H17ClN4S. The van der Waals surface area contributed by atoms with E-state index in [0.29, 0.717) is 11.6 Å². The van der Waals surface area contributed by atoms with Crippen LogP contribution in [0.3, 0.4) is 0 Å². The van der Waals surface area contributed by atoms with Gasteiger partial charge in [-0.1, -0.05) is 71.9 Å². The molecule has 3 rings (SSSR count). The first kappa shape index (κ1) is 21.2. The molecule has 1 N–H and O–H groups in total. The third-order valence-electron chi connectivity index (χ3n) is 4.07. The molecule has 0 atom stereocenters. The van der Waals surface area contributed by atoms with Gasteiger partial charge in [0.2, 0.25) is 0 Å². The van der Waals surface area contributed by atoms with Crippen molar-refractivity contribution in [3.05, 3.63) is 106 Å². The number of aliphatic imine (C=N–C) groups is 1. The van der Waals surface area contributed by atoms with Crippen molar-refractivity contribution in [1.29, 1.82) is 10.5 Å². The Hall–Kier alpha value is -3.51. The van der Waals surface area contributed by atoms with Gasteiger partial charge >= 0.3 is 0 Å². The largest absolute Gasteiger partial charge is 0.370 e. The highest BCUT2D eigenvalue weighted by Crippen LogP contribution is 2.31. The van der Waals surface area contributed by atoms with Crippen molar-refractivity contribution in [2.75, 3.05) is 0 Å². The molecule has 0 saturated carbocycles. The molecule has 0 fully saturated rings. The fraction of sp³-hybridized carbons (Fsp3) is 0.0417. The summed E-state index contributed by atoms with van der Waals surface area (Å²) in [5.41, 5.74) is 2.04. The molecule has 0 saturated heterocycles. The molecule has 0 aromatic heterocycles. The van der Waals surface area contributed by atoms with Crippen molar-refractivity contribution < 1.29 is 0 Å². The van der Waals surface area contributed by atoms with Crippen LogP contribution in [-0.2, 0) is 6.54 Å². The van der Waals surface area contributed by atoms with Crippen molar-refractivity contribution in [2.45, 2.75) is 16.3 Å². The Morgan fingerprint density at radius 3 is 2.33 bits per heavy atom. The molecule has 0 radical (unpaired) electrons. The van der Waals surface area contributed by atoms with Crippen LogP contribution >= 0.6 is 23.4 Å². The summed E-state index contributed by atoms with van der Waals surface area (Å²) in [6.07, 6.45) is 1.57. The highest BCUT2D eigenvalue weighted by atomic mass is 35.5. The SMILES string of the molecule is N#C/C(N=Cc1ccccc1)=C(\C#N)NCc1ccccc1Sc1ccc(Cl)cc1. The number of nitrogens with zero attached hydrogens (tertiary/aromatic N) is 3. The van der Waals surface area contributed by atoms with Crippen LogP contribution in [0.4, 0.5) is 0 Å². The number of nitriles is 2. The van der Waals surface area contributed by atoms with Crippen LogP contribution in [0, 0.1) is 22.7 Å². The molecule has 3 aromatic carbocycles. The number of nitrogens with one attached hydrogen (secondary N) is 1. The number of benzene rings is 3. The average molecular weight is 429 g/mol. The minimum atomic E-state index is 0.0455. The Kier molecular flexibility index (Phi) is 7.69. The van der Waals surface area contributed by atoms with Crippen molar-refractivity contribution in [1.82, 2.24) is 5.32 Å². The molecule has 0 aliphatic carbocycles. The maximum atomic E-state index is 9.52. The number of hydrogen-bond donors (Lipinski definition) is 1. The van der Waals surface area contributed by atoms with Crippen LogP contribution in [0.25, 0.3) is 0 Å². The minimum Gasteiger partial charge on any atom is -0.370 e. The lowest BCUT2D eigenvalue weighted by Gasteiger charge is -2.11. The molecule has 0 aliphatic heterocycles. The Morgan fingerprint density at radius 2 is 1.63 bits per heavy atom. The lowest BCUT2D eigenvalue weighted by atomic mass is 10.2. The first-order valence-electron chi connectivity index (χ1n) is 9.08. The van der Waals surface area contributed by atoms with E-state index in [0.717, 1.165) is 20.9 Å². The standard InChI is InChI=1S/C24H17ClN4S/c25-20-10-12-21(13-11-20)30-24-9-5-4-8-19(24)17-29-23(15-27)22(14-26)28-16-18-6-2-1-3-7-18/h1-13,16,29H,17H2/b23-22-,28-16?. The number of halogens is 1. The van der Waals surface area contributed by atoms with E-state index in [-0.39, 0.29) is 11.4 Å². The van der Waals surface area contributed by atoms with Gasteiger partial charge in [-0.2, -0.15) is 10.5 Å². The highest BCUT2D eigenvalue weighted by molar-refractivity contribution is 7.99. The smallest absolute Gasteiger partial charge is 0.174 e. The van der Waals surface area contributed by atoms with Crippen LogP contribution in [0.2, 0.25) is 5.02 Å². The summed E-state index contributed by atoms with van der Waals surface area (Å²) in [5, 5.41) is 22.7. The van der Waals surface area contributed by atoms with Crippen molar-refractivity contribution in [3.63, 3.8) is 0 Å². The highest BCUT2D eigenvalue weighted by Gasteiger charge is 2.08. The second kappa shape index (κ2) is 10.9. The predicted octanol–water partition coefficient (Wildman–Crippen LogP) is 5.96. The molecule has 0 amide bonds. The summed E-state index contributed by atoms with van der Waals surface area (Å²) in [7, 11) is 0. The van der Waals surface area contributed by atoms with E-state index in [1.54, 1.807) is 18.0 Å². The summed E-state index contributed by atoms with van der Waals surface area (Å²) < 4.78 is 0. The van der Waals surface area contributed by atoms with E-state index in [4.69, 9.17) is 11.6 Å². The van der Waals surface area contributed by atoms with E-state index < -0.39 is 0 Å². The minimum absolute atomic E-state index is 0.0455. The van der Waals surface area contributed by atoms with Crippen molar-refractivity contribution in [3.8, 4) is 12.1 Å². The van der Waals surface area contributed by atoms with Gasteiger partial charge in [0.1, 0.15) is 12.1 Å². The molecular weight excluding hydrogens is 412 g/mol. The van der Waals surface area contributed by atoms with Crippen molar-refractivity contribution >= 4 is 29.6 Å². The van der Waals surface area contributed by atoms with E-state index in [2.05, 4.69) is 10.3 Å². The Labute approximate surface area is 185 Å². The van der Waals surface area contributed by atoms with Crippen LogP contribution in [0.1, 0.15) is 11.1 Å². The van der Waals surface area contributed by atoms with Gasteiger partial charge in [-0.3, -0.25) is 0 Å². The monoisotopic (exact) mass is 428 g/mol. The fourth-order valence-electron chi connectivity index (χ4n) is 2.57. The molecule has 0 unspecified atom stereocenters. The zero-order chi connectivity index (χ0) is 21.2. The van der Waals surface area contributed by atoms with Gasteiger partial charge in [0, 0.05) is 27.6 Å². The summed E-state index contributed by atoms with van der Waals surface area (Å²) in [6, 6.07) is 29.0. The van der Waals surface area contributed by atoms with Crippen LogP contribution < -0.4 is 5.32 Å². The zero-order valence-electron chi connectivity index (χ0n) is 15.9. The average Bonchev–Trinajstić information content (AvgIpc) is 2.79. The molecule has 30 heavy (non-hydrogen) atoms. The molecule has 6 heteroatoms. The normalized spacial score (nSPS) is 11.4. The van der Waals surface area contributed by atoms with Gasteiger partial charge in [0.05, 0.1) is 0 Å². The van der Waals surface area contributed by atoms with Gasteiger partial charge in [-0.05, 0) is 41.5 Å². The summed E-state index contributed by atoms with van der Waals surface area (Å²) in [6.45, 7) is 0.395. The van der Waals surface area contributed by atoms with Crippen LogP contribution in [-0.4, -0.2) is 6.21 Å². The second-order valence-corrected chi connectivity index (χ2v) is 7.69. The van der Waals surface area contributed by atoms with Gasteiger partial charge < -0.3 is 5.32 Å². The summed E-state index contributed by atoms with van der Waals surface area (Å²) in [5.74, 6) is 0. The van der Waals surface area contributed by atoms with E-state index in [1.807, 2.05) is 91.0 Å². The first-order valence-corrected chi connectivity index (χ1v) is 10.3. The second-order valence-electron chi connectivity index (χ2n) is 6.13. The zero-order valence-corrected chi connectivity index (χ0v) is 17.5. The van der Waals surface area contributed by atoms with Gasteiger partial charge in [-0.15, -0.1) is 0 Å². The molecule has 0 bridgehead atoms. The molecule has 4 nitrogen and oxygen atoms in total. The molecule has 0 spiro atoms. The molecule has 3 aromatic rings. The van der Waals surface area contributed by atoms with Gasteiger partial charge in [-0.25, -0.2) is 4.99 Å². The Morgan fingerprint density at radius 1 is 0.933 bits per heavy atom. The van der Waals surface area contributed by atoms with Crippen LogP contribution in [0.15, 0.2) is 105 Å². The number of rotatable bonds is 7. The number of allylic oxidation sites excluding steroid dienone is 2. The third kappa shape index (κ3) is 5.99. The quantitative estimate of drug-likeness (QED) is 0.372. The maximum absolute atomic E-state index is 9.52. The Bertz CT molecular complexity index is 1140. The maximum Gasteiger partial charge on any atom is 0.174 e. The lowest BCUT2D eigenvalue weighted by Crippen LogP contribution is -2.14. The van der Waals surface area contributed by atoms with E-state index in [9.17, 15) is 10.5 Å². The molecule has 146 valence electrons. The summed E-state index contributed by atoms with van der Waals surface area (Å²) in [4.78, 5) is 6.30. The predicted molar refractivity (Wildman–Crippen MR) is 121 cm³/mol. The van der Waals surface area contributed by atoms with Crippen LogP contribution in [0.5, 0.6) is 0 Å². The first-order chi connectivity index (χ1) is 14.7. The number of hydrogen-bond acceptors (Lipinski definition) is 5. The fourth-order valence-corrected chi connectivity index (χ4v) is 3.64. The molecule has 0 aliphatic rings. The van der Waals surface area contributed by atoms with E-state index >= 15 is 0 Å².